The van der Waals surface area contributed by atoms with E-state index in [-0.39, 0.29) is 6.54 Å². The van der Waals surface area contributed by atoms with Gasteiger partial charge in [-0.1, -0.05) is 36.4 Å². The predicted molar refractivity (Wildman–Crippen MR) is 146 cm³/mol. The fourth-order valence-electron chi connectivity index (χ4n) is 4.40. The number of fused-ring (bicyclic) bond motifs is 1. The Morgan fingerprint density at radius 3 is 2.63 bits per heavy atom. The molecular formula is C27H33N6O4S+. The minimum atomic E-state index is -1.95. The maximum absolute atomic E-state index is 13.3. The van der Waals surface area contributed by atoms with E-state index < -0.39 is 36.1 Å². The second kappa shape index (κ2) is 12.2. The molecule has 11 heteroatoms. The molecule has 2 amide bonds. The number of rotatable bonds is 10. The Morgan fingerprint density at radius 2 is 1.95 bits per heavy atom. The maximum atomic E-state index is 13.3. The van der Waals surface area contributed by atoms with Crippen LogP contribution in [0.25, 0.3) is 0 Å². The number of quaternary nitrogens is 1. The fourth-order valence-corrected chi connectivity index (χ4v) is 4.98. The van der Waals surface area contributed by atoms with Crippen molar-refractivity contribution in [1.82, 2.24) is 15.2 Å². The number of carbonyl (C=O) groups excluding carboxylic acids is 2. The van der Waals surface area contributed by atoms with Gasteiger partial charge in [0.2, 0.25) is 0 Å². The smallest absolute Gasteiger partial charge is 0.255 e. The zero-order valence-electron chi connectivity index (χ0n) is 21.2. The molecule has 1 aliphatic rings. The average molecular weight is 538 g/mol. The van der Waals surface area contributed by atoms with Gasteiger partial charge >= 0.3 is 0 Å². The van der Waals surface area contributed by atoms with Crippen LogP contribution in [0, 0.1) is 0 Å². The van der Waals surface area contributed by atoms with Crippen molar-refractivity contribution in [2.45, 2.75) is 37.8 Å². The highest BCUT2D eigenvalue weighted by molar-refractivity contribution is 7.13. The Bertz CT molecular complexity index is 1290. The summed E-state index contributed by atoms with van der Waals surface area (Å²) >= 11 is 1.25. The van der Waals surface area contributed by atoms with Gasteiger partial charge in [-0.15, -0.1) is 11.3 Å². The first-order valence-corrected chi connectivity index (χ1v) is 13.2. The zero-order valence-corrected chi connectivity index (χ0v) is 22.1. The average Bonchev–Trinajstić information content (AvgIpc) is 3.53. The van der Waals surface area contributed by atoms with Crippen molar-refractivity contribution in [1.29, 1.82) is 0 Å². The van der Waals surface area contributed by atoms with Crippen molar-refractivity contribution in [2.75, 3.05) is 24.6 Å². The van der Waals surface area contributed by atoms with Crippen LogP contribution in [0.2, 0.25) is 0 Å². The summed E-state index contributed by atoms with van der Waals surface area (Å²) in [6, 6.07) is 13.9. The van der Waals surface area contributed by atoms with E-state index in [0.29, 0.717) is 10.8 Å². The lowest BCUT2D eigenvalue weighted by Gasteiger charge is -2.28. The van der Waals surface area contributed by atoms with Crippen molar-refractivity contribution in [3.05, 3.63) is 88.6 Å². The number of benzene rings is 2. The molecule has 2 heterocycles. The van der Waals surface area contributed by atoms with Gasteiger partial charge in [0.05, 0.1) is 25.3 Å². The summed E-state index contributed by atoms with van der Waals surface area (Å²) in [5.74, 6) is -1.61. The number of hydrogen-bond donors (Lipinski definition) is 6. The maximum Gasteiger partial charge on any atom is 0.255 e. The molecular weight excluding hydrogens is 504 g/mol. The minimum Gasteiger partial charge on any atom is -0.380 e. The van der Waals surface area contributed by atoms with Crippen molar-refractivity contribution < 1.29 is 25.1 Å². The van der Waals surface area contributed by atoms with Gasteiger partial charge in [-0.25, -0.2) is 4.98 Å². The van der Waals surface area contributed by atoms with Gasteiger partial charge in [0.1, 0.15) is 6.04 Å². The highest BCUT2D eigenvalue weighted by Gasteiger charge is 2.41. The molecule has 4 rings (SSSR count). The number of nitrogens with one attached hydrogen (secondary N) is 2. The molecule has 2 aromatic carbocycles. The molecule has 0 radical (unpaired) electrons. The first kappa shape index (κ1) is 27.3. The lowest BCUT2D eigenvalue weighted by atomic mass is 10.0. The number of nitrogens with zero attached hydrogens (tertiary/aromatic N) is 2. The second-order valence-corrected chi connectivity index (χ2v) is 10.0. The van der Waals surface area contributed by atoms with Crippen molar-refractivity contribution in [3.8, 4) is 0 Å². The van der Waals surface area contributed by atoms with Gasteiger partial charge in [-0.3, -0.25) is 9.59 Å². The highest BCUT2D eigenvalue weighted by Crippen LogP contribution is 2.39. The quantitative estimate of drug-likeness (QED) is 0.224. The summed E-state index contributed by atoms with van der Waals surface area (Å²) in [5.41, 5.74) is 9.85. The third-order valence-corrected chi connectivity index (χ3v) is 7.13. The molecule has 10 nitrogen and oxygen atoms in total. The van der Waals surface area contributed by atoms with E-state index in [1.807, 2.05) is 73.2 Å². The summed E-state index contributed by atoms with van der Waals surface area (Å²) < 4.78 is 0. The lowest BCUT2D eigenvalue weighted by molar-refractivity contribution is -0.617. The van der Waals surface area contributed by atoms with Crippen molar-refractivity contribution in [2.24, 2.45) is 0 Å². The van der Waals surface area contributed by atoms with E-state index in [1.54, 1.807) is 12.3 Å². The van der Waals surface area contributed by atoms with Crippen LogP contribution in [0.4, 0.5) is 10.8 Å². The number of likely N-dealkylation sites (N-methyl/N-ethyl adjacent to an activating group) is 1. The molecule has 0 aliphatic carbocycles. The van der Waals surface area contributed by atoms with Crippen LogP contribution in [-0.2, 0) is 16.1 Å². The van der Waals surface area contributed by atoms with E-state index in [0.717, 1.165) is 28.9 Å². The number of nitrogen functional groups attached to an aromatic ring is 1. The number of carbonyl (C=O) groups is 2. The first-order chi connectivity index (χ1) is 18.3. The molecule has 8 N–H and O–H groups in total. The SMILES string of the molecule is C[NH2+]C/C=C\Nc1ccc([C@@H](C)NC(=O)[C@H](O)[C@@H](O)C(=O)N2Cc3ccccc3C2c2csc(N)n2)cc1. The molecule has 0 spiro atoms. The number of amides is 2. The largest absolute Gasteiger partial charge is 0.380 e. The Morgan fingerprint density at radius 1 is 1.21 bits per heavy atom. The normalized spacial score (nSPS) is 17.2. The summed E-state index contributed by atoms with van der Waals surface area (Å²) in [6.45, 7) is 2.85. The zero-order chi connectivity index (χ0) is 27.2. The molecule has 1 aromatic heterocycles. The second-order valence-electron chi connectivity index (χ2n) is 9.11. The number of aromatic nitrogens is 1. The molecule has 3 aromatic rings. The topological polar surface area (TPSA) is 157 Å². The minimum absolute atomic E-state index is 0.213. The van der Waals surface area contributed by atoms with E-state index in [1.165, 1.54) is 16.2 Å². The van der Waals surface area contributed by atoms with Crippen LogP contribution in [0.5, 0.6) is 0 Å². The van der Waals surface area contributed by atoms with Crippen LogP contribution in [0.1, 0.15) is 41.4 Å². The van der Waals surface area contributed by atoms with E-state index in [4.69, 9.17) is 5.73 Å². The molecule has 0 saturated heterocycles. The van der Waals surface area contributed by atoms with Crippen LogP contribution in [0.3, 0.4) is 0 Å². The van der Waals surface area contributed by atoms with Crippen molar-refractivity contribution >= 4 is 34.0 Å². The summed E-state index contributed by atoms with van der Waals surface area (Å²) in [4.78, 5) is 31.9. The number of aliphatic hydroxyl groups excluding tert-OH is 2. The van der Waals surface area contributed by atoms with Crippen LogP contribution >= 0.6 is 11.3 Å². The highest BCUT2D eigenvalue weighted by atomic mass is 32.1. The Balaban J connectivity index is 1.40. The van der Waals surface area contributed by atoms with E-state index >= 15 is 0 Å². The molecule has 0 saturated carbocycles. The van der Waals surface area contributed by atoms with Gasteiger partial charge in [-0.2, -0.15) is 0 Å². The van der Waals surface area contributed by atoms with E-state index in [9.17, 15) is 19.8 Å². The lowest BCUT2D eigenvalue weighted by Crippen LogP contribution is -2.79. The van der Waals surface area contributed by atoms with E-state index in [2.05, 4.69) is 15.6 Å². The third kappa shape index (κ3) is 6.03. The van der Waals surface area contributed by atoms with Crippen molar-refractivity contribution in [3.63, 3.8) is 0 Å². The number of hydrogen-bond acceptors (Lipinski definition) is 8. The summed E-state index contributed by atoms with van der Waals surface area (Å²) in [7, 11) is 1.99. The molecule has 0 bridgehead atoms. The van der Waals surface area contributed by atoms with Gasteiger partial charge in [0, 0.05) is 23.8 Å². The molecule has 1 unspecified atom stereocenters. The number of nitrogens with two attached hydrogens (primary N) is 2. The molecule has 200 valence electrons. The molecule has 0 fully saturated rings. The number of aliphatic hydroxyl groups is 2. The van der Waals surface area contributed by atoms with Gasteiger partial charge in [0.15, 0.2) is 17.3 Å². The Kier molecular flexibility index (Phi) is 8.74. The fraction of sp³-hybridized carbons (Fsp3) is 0.296. The predicted octanol–water partition coefficient (Wildman–Crippen LogP) is 0.875. The molecule has 1 aliphatic heterocycles. The van der Waals surface area contributed by atoms with Crippen LogP contribution in [-0.4, -0.2) is 57.7 Å². The van der Waals surface area contributed by atoms with Crippen LogP contribution < -0.4 is 21.7 Å². The van der Waals surface area contributed by atoms with Crippen LogP contribution in [0.15, 0.2) is 66.2 Å². The molecule has 38 heavy (non-hydrogen) atoms. The van der Waals surface area contributed by atoms with Gasteiger partial charge in [-0.05, 0) is 41.8 Å². The molecule has 4 atom stereocenters. The number of anilines is 2. The summed E-state index contributed by atoms with van der Waals surface area (Å²) in [5, 5.41) is 31.4. The standard InChI is InChI=1S/C27H32N6O4S/c1-16(17-8-10-19(11-9-17)30-13-5-12-29-2)31-25(36)23(34)24(35)26(37)33-14-18-6-3-4-7-20(18)22(33)21-15-38-27(28)32-21/h3-11,13,15-16,22-24,29-30,34-35H,12,14H2,1-2H3,(H2,28,32)(H,31,36)/p+1/b13-5-/t16-,22?,23-,24-/m1/s1. The van der Waals surface area contributed by atoms with Gasteiger partial charge in [0.25, 0.3) is 11.8 Å². The monoisotopic (exact) mass is 537 g/mol. The van der Waals surface area contributed by atoms with Gasteiger partial charge < -0.3 is 36.8 Å². The Hall–Kier alpha value is -3.77. The Labute approximate surface area is 225 Å². The first-order valence-electron chi connectivity index (χ1n) is 12.3. The third-order valence-electron chi connectivity index (χ3n) is 6.43. The number of thiazole rings is 1. The summed E-state index contributed by atoms with van der Waals surface area (Å²) in [6.07, 6.45) is -0.0352.